The molecule has 0 aromatic carbocycles. The maximum absolute atomic E-state index is 12.8. The number of nitrogens with one attached hydrogen (secondary N) is 2. The average molecular weight is 335 g/mol. The van der Waals surface area contributed by atoms with Crippen LogP contribution in [0, 0.1) is 5.92 Å². The van der Waals surface area contributed by atoms with Crippen LogP contribution in [0.5, 0.6) is 0 Å². The molecule has 0 bridgehead atoms. The molecule has 1 aliphatic heterocycles. The average Bonchev–Trinajstić information content (AvgIpc) is 2.73. The van der Waals surface area contributed by atoms with Crippen LogP contribution < -0.4 is 10.6 Å². The van der Waals surface area contributed by atoms with Crippen LogP contribution in [0.3, 0.4) is 0 Å². The lowest BCUT2D eigenvalue weighted by Gasteiger charge is -2.30. The van der Waals surface area contributed by atoms with Crippen molar-refractivity contribution < 1.29 is 14.4 Å². The molecule has 134 valence electrons. The first kappa shape index (κ1) is 17.2. The number of urea groups is 1. The van der Waals surface area contributed by atoms with Crippen LogP contribution in [-0.2, 0) is 9.59 Å². The smallest absolute Gasteiger partial charge is 0.325 e. The van der Waals surface area contributed by atoms with Crippen LogP contribution in [0.25, 0.3) is 0 Å². The molecular weight excluding hydrogens is 306 g/mol. The molecule has 6 heteroatoms. The van der Waals surface area contributed by atoms with E-state index < -0.39 is 11.6 Å². The first-order valence-corrected chi connectivity index (χ1v) is 9.45. The maximum Gasteiger partial charge on any atom is 0.325 e. The number of nitrogens with zero attached hydrogens (tertiary/aromatic N) is 1. The summed E-state index contributed by atoms with van der Waals surface area (Å²) in [5.41, 5.74) is -0.758. The van der Waals surface area contributed by atoms with Crippen LogP contribution in [0.15, 0.2) is 0 Å². The zero-order valence-corrected chi connectivity index (χ0v) is 14.6. The Morgan fingerprint density at radius 2 is 1.79 bits per heavy atom. The second-order valence-electron chi connectivity index (χ2n) is 7.75. The Kier molecular flexibility index (Phi) is 5.11. The van der Waals surface area contributed by atoms with Crippen molar-refractivity contribution in [1.82, 2.24) is 15.5 Å². The highest BCUT2D eigenvalue weighted by molar-refractivity contribution is 6.09. The molecule has 1 saturated heterocycles. The summed E-state index contributed by atoms with van der Waals surface area (Å²) in [6.07, 6.45) is 9.93. The van der Waals surface area contributed by atoms with E-state index in [1.807, 2.05) is 0 Å². The lowest BCUT2D eigenvalue weighted by Crippen LogP contribution is -2.49. The molecule has 24 heavy (non-hydrogen) atoms. The van der Waals surface area contributed by atoms with Crippen molar-refractivity contribution in [3.63, 3.8) is 0 Å². The van der Waals surface area contributed by atoms with E-state index in [4.69, 9.17) is 0 Å². The summed E-state index contributed by atoms with van der Waals surface area (Å²) in [7, 11) is 0. The Bertz CT molecular complexity index is 512. The van der Waals surface area contributed by atoms with Gasteiger partial charge in [0, 0.05) is 6.04 Å². The van der Waals surface area contributed by atoms with E-state index in [2.05, 4.69) is 17.6 Å². The molecule has 3 fully saturated rings. The van der Waals surface area contributed by atoms with Crippen molar-refractivity contribution >= 4 is 17.8 Å². The Morgan fingerprint density at radius 3 is 2.46 bits per heavy atom. The van der Waals surface area contributed by atoms with Crippen molar-refractivity contribution in [3.8, 4) is 0 Å². The third-order valence-corrected chi connectivity index (χ3v) is 5.96. The van der Waals surface area contributed by atoms with Crippen molar-refractivity contribution in [2.75, 3.05) is 6.54 Å². The molecule has 2 unspecified atom stereocenters. The summed E-state index contributed by atoms with van der Waals surface area (Å²) in [4.78, 5) is 38.6. The van der Waals surface area contributed by atoms with Gasteiger partial charge in [0.25, 0.3) is 5.91 Å². The van der Waals surface area contributed by atoms with E-state index in [-0.39, 0.29) is 24.4 Å². The molecule has 2 atom stereocenters. The zero-order valence-electron chi connectivity index (χ0n) is 14.6. The van der Waals surface area contributed by atoms with Gasteiger partial charge in [0.05, 0.1) is 0 Å². The highest BCUT2D eigenvalue weighted by Gasteiger charge is 2.51. The van der Waals surface area contributed by atoms with Gasteiger partial charge in [0.2, 0.25) is 5.91 Å². The summed E-state index contributed by atoms with van der Waals surface area (Å²) in [5.74, 6) is 0.0307. The van der Waals surface area contributed by atoms with E-state index in [0.717, 1.165) is 49.8 Å². The van der Waals surface area contributed by atoms with Crippen LogP contribution in [0.4, 0.5) is 4.79 Å². The minimum Gasteiger partial charge on any atom is -0.352 e. The zero-order chi connectivity index (χ0) is 17.2. The third-order valence-electron chi connectivity index (χ3n) is 5.96. The monoisotopic (exact) mass is 335 g/mol. The van der Waals surface area contributed by atoms with Gasteiger partial charge < -0.3 is 10.6 Å². The van der Waals surface area contributed by atoms with Crippen molar-refractivity contribution in [2.24, 2.45) is 5.92 Å². The Hall–Kier alpha value is -1.59. The number of rotatable bonds is 3. The Labute approximate surface area is 143 Å². The van der Waals surface area contributed by atoms with Gasteiger partial charge >= 0.3 is 6.03 Å². The van der Waals surface area contributed by atoms with Gasteiger partial charge in [-0.25, -0.2) is 4.79 Å². The van der Waals surface area contributed by atoms with Crippen LogP contribution in [-0.4, -0.2) is 40.9 Å². The van der Waals surface area contributed by atoms with Crippen molar-refractivity contribution in [1.29, 1.82) is 0 Å². The highest BCUT2D eigenvalue weighted by atomic mass is 16.2. The maximum atomic E-state index is 12.8. The summed E-state index contributed by atoms with van der Waals surface area (Å²) < 4.78 is 0. The first-order valence-electron chi connectivity index (χ1n) is 9.45. The van der Waals surface area contributed by atoms with E-state index in [9.17, 15) is 14.4 Å². The minimum absolute atomic E-state index is 0.157. The number of imide groups is 1. The summed E-state index contributed by atoms with van der Waals surface area (Å²) in [6.45, 7) is 1.99. The standard InChI is InChI=1S/C18H29N3O3/c1-13-8-4-5-9-14(13)19-15(22)12-21-16(23)18(20-17(21)24)10-6-2-3-7-11-18/h13-14H,2-12H2,1H3,(H,19,22)(H,20,24). The second-order valence-corrected chi connectivity index (χ2v) is 7.75. The van der Waals surface area contributed by atoms with Gasteiger partial charge in [0.15, 0.2) is 0 Å². The summed E-state index contributed by atoms with van der Waals surface area (Å²) >= 11 is 0. The van der Waals surface area contributed by atoms with E-state index in [1.165, 1.54) is 6.42 Å². The quantitative estimate of drug-likeness (QED) is 0.777. The first-order chi connectivity index (χ1) is 11.5. The van der Waals surface area contributed by atoms with E-state index >= 15 is 0 Å². The number of hydrogen-bond acceptors (Lipinski definition) is 3. The molecule has 2 saturated carbocycles. The van der Waals surface area contributed by atoms with Crippen LogP contribution >= 0.6 is 0 Å². The number of carbonyl (C=O) groups excluding carboxylic acids is 3. The SMILES string of the molecule is CC1CCCCC1NC(=O)CN1C(=O)NC2(CCCCCC2)C1=O. The van der Waals surface area contributed by atoms with Gasteiger partial charge in [-0.2, -0.15) is 0 Å². The van der Waals surface area contributed by atoms with Crippen LogP contribution in [0.2, 0.25) is 0 Å². The van der Waals surface area contributed by atoms with E-state index in [1.54, 1.807) is 0 Å². The molecular formula is C18H29N3O3. The van der Waals surface area contributed by atoms with Gasteiger partial charge in [-0.15, -0.1) is 0 Å². The lowest BCUT2D eigenvalue weighted by molar-refractivity contribution is -0.135. The number of amides is 4. The molecule has 0 aromatic heterocycles. The lowest BCUT2D eigenvalue weighted by atomic mass is 9.86. The predicted octanol–water partition coefficient (Wildman–Crippen LogP) is 2.33. The molecule has 1 heterocycles. The van der Waals surface area contributed by atoms with Gasteiger partial charge in [-0.1, -0.05) is 45.4 Å². The molecule has 4 amide bonds. The topological polar surface area (TPSA) is 78.5 Å². The fraction of sp³-hybridized carbons (Fsp3) is 0.833. The van der Waals surface area contributed by atoms with Gasteiger partial charge in [-0.05, 0) is 31.6 Å². The Balaban J connectivity index is 1.61. The highest BCUT2D eigenvalue weighted by Crippen LogP contribution is 2.32. The van der Waals surface area contributed by atoms with Gasteiger partial charge in [-0.3, -0.25) is 14.5 Å². The molecule has 2 N–H and O–H groups in total. The second kappa shape index (κ2) is 7.11. The molecule has 0 aromatic rings. The molecule has 0 radical (unpaired) electrons. The summed E-state index contributed by atoms with van der Waals surface area (Å²) in [5, 5.41) is 5.91. The van der Waals surface area contributed by atoms with Crippen molar-refractivity contribution in [2.45, 2.75) is 82.7 Å². The normalized spacial score (nSPS) is 30.1. The fourth-order valence-electron chi connectivity index (χ4n) is 4.42. The molecule has 3 aliphatic rings. The predicted molar refractivity (Wildman–Crippen MR) is 90.2 cm³/mol. The summed E-state index contributed by atoms with van der Waals surface area (Å²) in [6, 6.07) is -0.243. The largest absolute Gasteiger partial charge is 0.352 e. The van der Waals surface area contributed by atoms with Crippen LogP contribution in [0.1, 0.15) is 71.1 Å². The molecule has 6 nitrogen and oxygen atoms in total. The molecule has 3 rings (SSSR count). The van der Waals surface area contributed by atoms with E-state index in [0.29, 0.717) is 18.8 Å². The Morgan fingerprint density at radius 1 is 1.12 bits per heavy atom. The fourth-order valence-corrected chi connectivity index (χ4v) is 4.42. The van der Waals surface area contributed by atoms with Crippen molar-refractivity contribution in [3.05, 3.63) is 0 Å². The third kappa shape index (κ3) is 3.42. The molecule has 2 aliphatic carbocycles. The minimum atomic E-state index is -0.758. The van der Waals surface area contributed by atoms with Gasteiger partial charge in [0.1, 0.15) is 12.1 Å². The number of carbonyl (C=O) groups is 3. The number of hydrogen-bond donors (Lipinski definition) is 2. The molecule has 1 spiro atoms.